The van der Waals surface area contributed by atoms with Gasteiger partial charge in [0.15, 0.2) is 0 Å². The number of aromatic carboxylic acids is 1. The van der Waals surface area contributed by atoms with E-state index in [9.17, 15) is 4.79 Å². The zero-order valence-electron chi connectivity index (χ0n) is 10.1. The van der Waals surface area contributed by atoms with Crippen molar-refractivity contribution in [1.29, 1.82) is 0 Å². The first kappa shape index (κ1) is 12.2. The van der Waals surface area contributed by atoms with Crippen LogP contribution in [0.2, 0.25) is 0 Å². The Hall–Kier alpha value is -2.23. The minimum absolute atomic E-state index is 0.275. The quantitative estimate of drug-likeness (QED) is 0.850. The van der Waals surface area contributed by atoms with Crippen molar-refractivity contribution >= 4 is 5.97 Å². The highest BCUT2D eigenvalue weighted by atomic mass is 16.5. The average Bonchev–Trinajstić information content (AvgIpc) is 2.86. The molecule has 0 radical (unpaired) electrons. The zero-order chi connectivity index (χ0) is 13.0. The summed E-state index contributed by atoms with van der Waals surface area (Å²) in [5.74, 6) is -0.134. The first-order valence-corrected chi connectivity index (χ1v) is 5.85. The van der Waals surface area contributed by atoms with Crippen LogP contribution in [-0.4, -0.2) is 22.7 Å². The van der Waals surface area contributed by atoms with E-state index in [1.807, 2.05) is 31.2 Å². The van der Waals surface area contributed by atoms with Crippen LogP contribution in [-0.2, 0) is 0 Å². The molecule has 0 aliphatic carbocycles. The Kier molecular flexibility index (Phi) is 3.67. The van der Waals surface area contributed by atoms with Gasteiger partial charge < -0.3 is 14.8 Å². The third-order valence-corrected chi connectivity index (χ3v) is 2.61. The van der Waals surface area contributed by atoms with E-state index in [4.69, 9.17) is 9.84 Å². The Labute approximate surface area is 105 Å². The Balaban J connectivity index is 2.23. The van der Waals surface area contributed by atoms with Gasteiger partial charge >= 0.3 is 5.97 Å². The summed E-state index contributed by atoms with van der Waals surface area (Å²) in [5, 5.41) is 9.04. The minimum atomic E-state index is -0.933. The second-order valence-corrected chi connectivity index (χ2v) is 3.96. The molecule has 0 aliphatic heterocycles. The molecule has 4 heteroatoms. The third-order valence-electron chi connectivity index (χ3n) is 2.61. The van der Waals surface area contributed by atoms with Gasteiger partial charge in [0.05, 0.1) is 12.2 Å². The molecule has 2 rings (SSSR count). The predicted octanol–water partition coefficient (Wildman–Crippen LogP) is 3.17. The standard InChI is InChI=1S/C14H15NO3/c1-2-7-18-11-5-3-10(4-6-11)12-8-15-9-13(12)14(16)17/h3-6,8-9,15H,2,7H2,1H3,(H,16,17). The number of carboxylic acids is 1. The smallest absolute Gasteiger partial charge is 0.337 e. The highest BCUT2D eigenvalue weighted by Crippen LogP contribution is 2.25. The molecule has 0 unspecified atom stereocenters. The molecule has 0 spiro atoms. The molecule has 1 aromatic heterocycles. The third kappa shape index (κ3) is 2.53. The number of carboxylic acid groups (broad SMARTS) is 1. The van der Waals surface area contributed by atoms with Crippen LogP contribution in [0.3, 0.4) is 0 Å². The van der Waals surface area contributed by atoms with Crippen molar-refractivity contribution in [3.05, 3.63) is 42.2 Å². The van der Waals surface area contributed by atoms with Gasteiger partial charge in [0.25, 0.3) is 0 Å². The molecule has 0 bridgehead atoms. The van der Waals surface area contributed by atoms with E-state index in [1.165, 1.54) is 6.20 Å². The van der Waals surface area contributed by atoms with Gasteiger partial charge in [0.1, 0.15) is 5.75 Å². The summed E-state index contributed by atoms with van der Waals surface area (Å²) >= 11 is 0. The molecule has 4 nitrogen and oxygen atoms in total. The lowest BCUT2D eigenvalue weighted by Crippen LogP contribution is -1.96. The molecular weight excluding hydrogens is 230 g/mol. The number of hydrogen-bond donors (Lipinski definition) is 2. The van der Waals surface area contributed by atoms with Crippen LogP contribution in [0.25, 0.3) is 11.1 Å². The van der Waals surface area contributed by atoms with Crippen LogP contribution < -0.4 is 4.74 Å². The summed E-state index contributed by atoms with van der Waals surface area (Å²) in [5.41, 5.74) is 1.82. The van der Waals surface area contributed by atoms with Crippen LogP contribution in [0.4, 0.5) is 0 Å². The van der Waals surface area contributed by atoms with Crippen LogP contribution in [0, 0.1) is 0 Å². The summed E-state index contributed by atoms with van der Waals surface area (Å²) in [6.07, 6.45) is 4.13. The molecular formula is C14H15NO3. The van der Waals surface area contributed by atoms with E-state index in [-0.39, 0.29) is 5.56 Å². The second-order valence-electron chi connectivity index (χ2n) is 3.96. The number of hydrogen-bond acceptors (Lipinski definition) is 2. The summed E-state index contributed by atoms with van der Waals surface area (Å²) in [6, 6.07) is 7.43. The Morgan fingerprint density at radius 1 is 1.28 bits per heavy atom. The molecule has 0 aliphatic rings. The fraction of sp³-hybridized carbons (Fsp3) is 0.214. The lowest BCUT2D eigenvalue weighted by atomic mass is 10.0. The Bertz CT molecular complexity index is 528. The number of rotatable bonds is 5. The average molecular weight is 245 g/mol. The van der Waals surface area contributed by atoms with Gasteiger partial charge in [-0.1, -0.05) is 19.1 Å². The fourth-order valence-electron chi connectivity index (χ4n) is 1.73. The van der Waals surface area contributed by atoms with Crippen molar-refractivity contribution in [3.63, 3.8) is 0 Å². The zero-order valence-corrected chi connectivity index (χ0v) is 10.1. The van der Waals surface area contributed by atoms with Crippen LogP contribution in [0.5, 0.6) is 5.75 Å². The van der Waals surface area contributed by atoms with Gasteiger partial charge in [-0.05, 0) is 24.1 Å². The second kappa shape index (κ2) is 5.40. The largest absolute Gasteiger partial charge is 0.494 e. The van der Waals surface area contributed by atoms with Crippen LogP contribution in [0.15, 0.2) is 36.7 Å². The van der Waals surface area contributed by atoms with Gasteiger partial charge in [0, 0.05) is 18.0 Å². The highest BCUT2D eigenvalue weighted by molar-refractivity contribution is 5.95. The molecule has 0 saturated carbocycles. The number of aromatic amines is 1. The van der Waals surface area contributed by atoms with Crippen LogP contribution >= 0.6 is 0 Å². The van der Waals surface area contributed by atoms with Crippen LogP contribution in [0.1, 0.15) is 23.7 Å². The lowest BCUT2D eigenvalue weighted by Gasteiger charge is -2.05. The van der Waals surface area contributed by atoms with Gasteiger partial charge in [-0.2, -0.15) is 0 Å². The molecule has 0 amide bonds. The summed E-state index contributed by atoms with van der Waals surface area (Å²) in [7, 11) is 0. The predicted molar refractivity (Wildman–Crippen MR) is 69.0 cm³/mol. The number of H-pyrrole nitrogens is 1. The number of nitrogens with one attached hydrogen (secondary N) is 1. The van der Waals surface area contributed by atoms with Gasteiger partial charge in [0.2, 0.25) is 0 Å². The molecule has 0 fully saturated rings. The minimum Gasteiger partial charge on any atom is -0.494 e. The van der Waals surface area contributed by atoms with E-state index in [2.05, 4.69) is 4.98 Å². The number of benzene rings is 1. The van der Waals surface area contributed by atoms with Gasteiger partial charge in [-0.3, -0.25) is 0 Å². The van der Waals surface area contributed by atoms with Crippen molar-refractivity contribution in [2.45, 2.75) is 13.3 Å². The van der Waals surface area contributed by atoms with Gasteiger partial charge in [-0.25, -0.2) is 4.79 Å². The summed E-state index contributed by atoms with van der Waals surface area (Å²) in [6.45, 7) is 2.73. The van der Waals surface area contributed by atoms with Crippen molar-refractivity contribution in [3.8, 4) is 16.9 Å². The highest BCUT2D eigenvalue weighted by Gasteiger charge is 2.12. The first-order valence-electron chi connectivity index (χ1n) is 5.85. The van der Waals surface area contributed by atoms with E-state index >= 15 is 0 Å². The Morgan fingerprint density at radius 3 is 2.61 bits per heavy atom. The van der Waals surface area contributed by atoms with E-state index in [0.29, 0.717) is 12.2 Å². The monoisotopic (exact) mass is 245 g/mol. The Morgan fingerprint density at radius 2 is 2.00 bits per heavy atom. The van der Waals surface area contributed by atoms with E-state index in [1.54, 1.807) is 6.20 Å². The van der Waals surface area contributed by atoms with Gasteiger partial charge in [-0.15, -0.1) is 0 Å². The molecule has 18 heavy (non-hydrogen) atoms. The SMILES string of the molecule is CCCOc1ccc(-c2c[nH]cc2C(=O)O)cc1. The number of aromatic nitrogens is 1. The number of carbonyl (C=O) groups is 1. The summed E-state index contributed by atoms with van der Waals surface area (Å²) in [4.78, 5) is 13.8. The maximum absolute atomic E-state index is 11.0. The number of ether oxygens (including phenoxy) is 1. The molecule has 2 N–H and O–H groups in total. The topological polar surface area (TPSA) is 62.3 Å². The lowest BCUT2D eigenvalue weighted by molar-refractivity contribution is 0.0698. The first-order chi connectivity index (χ1) is 8.72. The summed E-state index contributed by atoms with van der Waals surface area (Å²) < 4.78 is 5.48. The molecule has 94 valence electrons. The molecule has 0 atom stereocenters. The molecule has 2 aromatic rings. The maximum atomic E-state index is 11.0. The van der Waals surface area contributed by atoms with E-state index < -0.39 is 5.97 Å². The fourth-order valence-corrected chi connectivity index (χ4v) is 1.73. The maximum Gasteiger partial charge on any atom is 0.337 e. The normalized spacial score (nSPS) is 10.3. The van der Waals surface area contributed by atoms with Crippen molar-refractivity contribution in [1.82, 2.24) is 4.98 Å². The van der Waals surface area contributed by atoms with E-state index in [0.717, 1.165) is 17.7 Å². The molecule has 1 heterocycles. The van der Waals surface area contributed by atoms with Crippen molar-refractivity contribution in [2.24, 2.45) is 0 Å². The molecule has 0 saturated heterocycles. The molecule has 1 aromatic carbocycles. The van der Waals surface area contributed by atoms with Crippen molar-refractivity contribution < 1.29 is 14.6 Å². The van der Waals surface area contributed by atoms with Crippen molar-refractivity contribution in [2.75, 3.05) is 6.61 Å².